The monoisotopic (exact) mass is 343 g/mol. The Kier molecular flexibility index (Phi) is 4.15. The van der Waals surface area contributed by atoms with E-state index in [2.05, 4.69) is 15.9 Å². The fourth-order valence-corrected chi connectivity index (χ4v) is 1.85. The van der Waals surface area contributed by atoms with E-state index in [1.165, 1.54) is 0 Å². The number of carbonyl (C=O) groups is 1. The molecule has 0 aliphatic carbocycles. The molecule has 0 saturated carbocycles. The van der Waals surface area contributed by atoms with Crippen molar-refractivity contribution in [3.63, 3.8) is 0 Å². The number of halogens is 4. The second-order valence-corrected chi connectivity index (χ2v) is 4.24. The summed E-state index contributed by atoms with van der Waals surface area (Å²) >= 11 is 2.69. The van der Waals surface area contributed by atoms with Gasteiger partial charge in [-0.3, -0.25) is 10.1 Å². The zero-order valence-electron chi connectivity index (χ0n) is 8.81. The first-order chi connectivity index (χ1) is 8.55. The van der Waals surface area contributed by atoms with E-state index in [9.17, 15) is 33.2 Å². The van der Waals surface area contributed by atoms with Gasteiger partial charge in [-0.25, -0.2) is 4.79 Å². The van der Waals surface area contributed by atoms with Gasteiger partial charge in [-0.1, -0.05) is 15.9 Å². The van der Waals surface area contributed by atoms with Gasteiger partial charge in [0.15, 0.2) is 6.10 Å². The Morgan fingerprint density at radius 1 is 1.42 bits per heavy atom. The zero-order chi connectivity index (χ0) is 15.0. The summed E-state index contributed by atoms with van der Waals surface area (Å²) in [5.41, 5.74) is -3.48. The third-order valence-corrected chi connectivity index (χ3v) is 2.83. The fourth-order valence-electron chi connectivity index (χ4n) is 1.30. The van der Waals surface area contributed by atoms with Crippen LogP contribution in [-0.2, 0) is 11.0 Å². The molecular weight excluding hydrogens is 339 g/mol. The average Bonchev–Trinajstić information content (AvgIpc) is 2.25. The maximum Gasteiger partial charge on any atom is 0.423 e. The lowest BCUT2D eigenvalue weighted by molar-refractivity contribution is -0.388. The van der Waals surface area contributed by atoms with E-state index in [-0.39, 0.29) is 10.5 Å². The smallest absolute Gasteiger partial charge is 0.423 e. The van der Waals surface area contributed by atoms with Gasteiger partial charge in [0.25, 0.3) is 5.69 Å². The number of aliphatic carboxylic acids is 1. The molecule has 0 aromatic heterocycles. The summed E-state index contributed by atoms with van der Waals surface area (Å²) in [7, 11) is 0. The summed E-state index contributed by atoms with van der Waals surface area (Å²) in [6.45, 7) is 0. The van der Waals surface area contributed by atoms with Gasteiger partial charge in [0.05, 0.1) is 4.92 Å². The summed E-state index contributed by atoms with van der Waals surface area (Å²) < 4.78 is 37.6. The van der Waals surface area contributed by atoms with Gasteiger partial charge in [-0.15, -0.1) is 0 Å². The van der Waals surface area contributed by atoms with Crippen LogP contribution in [0.2, 0.25) is 0 Å². The van der Waals surface area contributed by atoms with Gasteiger partial charge >= 0.3 is 12.1 Å². The number of hydrogen-bond donors (Lipinski definition) is 2. The van der Waals surface area contributed by atoms with Gasteiger partial charge in [-0.2, -0.15) is 13.2 Å². The van der Waals surface area contributed by atoms with Crippen molar-refractivity contribution >= 4 is 27.6 Å². The Morgan fingerprint density at radius 3 is 2.32 bits per heavy atom. The van der Waals surface area contributed by atoms with Crippen molar-refractivity contribution in [1.29, 1.82) is 0 Å². The van der Waals surface area contributed by atoms with E-state index in [4.69, 9.17) is 5.11 Å². The van der Waals surface area contributed by atoms with Crippen LogP contribution in [0.1, 0.15) is 17.2 Å². The van der Waals surface area contributed by atoms with Gasteiger partial charge in [0.2, 0.25) is 0 Å². The zero-order valence-corrected chi connectivity index (χ0v) is 10.4. The number of aliphatic hydroxyl groups is 1. The van der Waals surface area contributed by atoms with Crippen LogP contribution in [0, 0.1) is 10.1 Å². The Balaban J connectivity index is 3.56. The first kappa shape index (κ1) is 15.4. The van der Waals surface area contributed by atoms with Crippen molar-refractivity contribution in [3.8, 4) is 0 Å². The Bertz CT molecular complexity index is 545. The molecule has 1 aromatic rings. The summed E-state index contributed by atoms with van der Waals surface area (Å²) in [6.07, 6.45) is -7.27. The van der Waals surface area contributed by atoms with E-state index in [0.29, 0.717) is 6.07 Å². The molecule has 0 saturated heterocycles. The molecule has 6 nitrogen and oxygen atoms in total. The predicted octanol–water partition coefficient (Wildman–Crippen LogP) is 2.49. The second-order valence-electron chi connectivity index (χ2n) is 3.39. The molecule has 2 N–H and O–H groups in total. The van der Waals surface area contributed by atoms with Crippen LogP contribution < -0.4 is 0 Å². The van der Waals surface area contributed by atoms with Crippen molar-refractivity contribution < 1.29 is 33.1 Å². The topological polar surface area (TPSA) is 101 Å². The number of carboxylic acid groups (broad SMARTS) is 1. The van der Waals surface area contributed by atoms with Crippen molar-refractivity contribution in [2.45, 2.75) is 12.3 Å². The molecule has 1 atom stereocenters. The van der Waals surface area contributed by atoms with Crippen LogP contribution in [0.4, 0.5) is 18.9 Å². The molecule has 0 spiro atoms. The molecule has 0 aliphatic heterocycles. The summed E-state index contributed by atoms with van der Waals surface area (Å²) in [4.78, 5) is 19.8. The lowest BCUT2D eigenvalue weighted by Gasteiger charge is -2.13. The van der Waals surface area contributed by atoms with Crippen LogP contribution in [0.5, 0.6) is 0 Å². The van der Waals surface area contributed by atoms with Crippen molar-refractivity contribution in [2.75, 3.05) is 0 Å². The quantitative estimate of drug-likeness (QED) is 0.648. The molecule has 1 rings (SSSR count). The highest BCUT2D eigenvalue weighted by Crippen LogP contribution is 2.40. The third-order valence-electron chi connectivity index (χ3n) is 2.15. The highest BCUT2D eigenvalue weighted by atomic mass is 79.9. The van der Waals surface area contributed by atoms with Crippen molar-refractivity contribution in [3.05, 3.63) is 37.8 Å². The first-order valence-electron chi connectivity index (χ1n) is 4.51. The Hall–Kier alpha value is -1.68. The van der Waals surface area contributed by atoms with Crippen LogP contribution in [0.3, 0.4) is 0 Å². The van der Waals surface area contributed by atoms with E-state index in [1.54, 1.807) is 0 Å². The molecule has 1 unspecified atom stereocenters. The summed E-state index contributed by atoms with van der Waals surface area (Å²) in [5, 5.41) is 28.3. The van der Waals surface area contributed by atoms with E-state index >= 15 is 0 Å². The molecule has 0 bridgehead atoms. The molecule has 0 fully saturated rings. The SMILES string of the molecule is O=C(O)C(O)c1cc(C(F)(F)F)c([N+](=O)[O-])cc1Br. The molecule has 104 valence electrons. The van der Waals surface area contributed by atoms with E-state index < -0.39 is 40.0 Å². The van der Waals surface area contributed by atoms with E-state index in [0.717, 1.165) is 0 Å². The highest BCUT2D eigenvalue weighted by molar-refractivity contribution is 9.10. The minimum Gasteiger partial charge on any atom is -0.479 e. The van der Waals surface area contributed by atoms with Crippen molar-refractivity contribution in [1.82, 2.24) is 0 Å². The first-order valence-corrected chi connectivity index (χ1v) is 5.31. The largest absolute Gasteiger partial charge is 0.479 e. The number of nitro groups is 1. The lowest BCUT2D eigenvalue weighted by atomic mass is 10.0. The molecule has 1 aromatic carbocycles. The number of hydrogen-bond acceptors (Lipinski definition) is 4. The fraction of sp³-hybridized carbons (Fsp3) is 0.222. The predicted molar refractivity (Wildman–Crippen MR) is 58.4 cm³/mol. The van der Waals surface area contributed by atoms with E-state index in [1.807, 2.05) is 0 Å². The van der Waals surface area contributed by atoms with Crippen LogP contribution in [-0.4, -0.2) is 21.1 Å². The maximum absolute atomic E-state index is 12.6. The number of alkyl halides is 3. The van der Waals surface area contributed by atoms with Gasteiger partial charge < -0.3 is 10.2 Å². The molecule has 10 heteroatoms. The number of rotatable bonds is 3. The third kappa shape index (κ3) is 3.20. The minimum atomic E-state index is -5.05. The number of aliphatic hydroxyl groups excluding tert-OH is 1. The number of nitro benzene ring substituents is 1. The van der Waals surface area contributed by atoms with Crippen LogP contribution in [0.15, 0.2) is 16.6 Å². The molecular formula is C9H5BrF3NO5. The normalized spacial score (nSPS) is 13.1. The average molecular weight is 344 g/mol. The molecule has 0 amide bonds. The number of nitrogens with zero attached hydrogens (tertiary/aromatic N) is 1. The van der Waals surface area contributed by atoms with Crippen molar-refractivity contribution in [2.24, 2.45) is 0 Å². The van der Waals surface area contributed by atoms with Crippen LogP contribution >= 0.6 is 15.9 Å². The lowest BCUT2D eigenvalue weighted by Crippen LogP contribution is -2.15. The van der Waals surface area contributed by atoms with Crippen LogP contribution in [0.25, 0.3) is 0 Å². The molecule has 0 heterocycles. The number of carboxylic acids is 1. The summed E-state index contributed by atoms with van der Waals surface area (Å²) in [6, 6.07) is 0.741. The Morgan fingerprint density at radius 2 is 1.95 bits per heavy atom. The summed E-state index contributed by atoms with van der Waals surface area (Å²) in [5.74, 6) is -1.78. The maximum atomic E-state index is 12.6. The highest BCUT2D eigenvalue weighted by Gasteiger charge is 2.40. The van der Waals surface area contributed by atoms with Gasteiger partial charge in [0.1, 0.15) is 5.56 Å². The van der Waals surface area contributed by atoms with Gasteiger partial charge in [-0.05, 0) is 6.07 Å². The Labute approximate surface area is 111 Å². The minimum absolute atomic E-state index is 0.237. The second kappa shape index (κ2) is 5.13. The molecule has 19 heavy (non-hydrogen) atoms. The van der Waals surface area contributed by atoms with Gasteiger partial charge in [0, 0.05) is 16.1 Å². The number of benzene rings is 1. The molecule has 0 radical (unpaired) electrons. The molecule has 0 aliphatic rings. The standard InChI is InChI=1S/C9H5BrF3NO5/c10-5-2-6(14(18)19)4(9(11,12)13)1-3(5)7(15)8(16)17/h1-2,7,15H,(H,16,17).